The van der Waals surface area contributed by atoms with E-state index in [0.717, 1.165) is 19.2 Å². The number of carbonyl (C=O) groups excluding carboxylic acids is 4. The van der Waals surface area contributed by atoms with Gasteiger partial charge in [0.15, 0.2) is 5.78 Å². The summed E-state index contributed by atoms with van der Waals surface area (Å²) in [5.74, 6) is -4.84. The van der Waals surface area contributed by atoms with Crippen molar-refractivity contribution in [1.29, 1.82) is 0 Å². The maximum absolute atomic E-state index is 14.0. The van der Waals surface area contributed by atoms with Crippen molar-refractivity contribution in [1.82, 2.24) is 0 Å². The zero-order valence-corrected chi connectivity index (χ0v) is 17.2. The fourth-order valence-corrected chi connectivity index (χ4v) is 3.25. The molecule has 0 unspecified atom stereocenters. The molecule has 8 nitrogen and oxygen atoms in total. The number of esters is 3. The number of cyclic esters (lactones) is 1. The molecule has 0 aromatic heterocycles. The van der Waals surface area contributed by atoms with Gasteiger partial charge in [-0.2, -0.15) is 13.2 Å². The van der Waals surface area contributed by atoms with Gasteiger partial charge in [0, 0.05) is 12.7 Å². The predicted molar refractivity (Wildman–Crippen MR) is 96.4 cm³/mol. The first kappa shape index (κ1) is 24.3. The largest absolute Gasteiger partial charge is 0.469 e. The Morgan fingerprint density at radius 2 is 1.65 bits per heavy atom. The van der Waals surface area contributed by atoms with E-state index in [1.165, 1.54) is 32.0 Å². The zero-order chi connectivity index (χ0) is 23.7. The van der Waals surface area contributed by atoms with E-state index in [1.807, 2.05) is 0 Å². The highest BCUT2D eigenvalue weighted by Gasteiger charge is 2.66. The second kappa shape index (κ2) is 8.29. The van der Waals surface area contributed by atoms with Crippen molar-refractivity contribution in [2.75, 3.05) is 20.8 Å². The van der Waals surface area contributed by atoms with Gasteiger partial charge in [-0.25, -0.2) is 4.79 Å². The second-order valence-electron chi connectivity index (χ2n) is 7.42. The van der Waals surface area contributed by atoms with Crippen LogP contribution in [0, 0.1) is 5.41 Å². The van der Waals surface area contributed by atoms with Gasteiger partial charge < -0.3 is 18.9 Å². The molecule has 170 valence electrons. The Labute approximate surface area is 175 Å². The van der Waals surface area contributed by atoms with Crippen molar-refractivity contribution in [3.63, 3.8) is 0 Å². The molecule has 1 aliphatic rings. The van der Waals surface area contributed by atoms with Gasteiger partial charge in [0.1, 0.15) is 12.0 Å². The number of benzene rings is 1. The number of Topliss-reactive ketones (excluding diaryl/α,β-unsaturated/α-hetero) is 1. The normalized spacial score (nSPS) is 22.4. The number of hydrogen-bond donors (Lipinski definition) is 0. The van der Waals surface area contributed by atoms with Crippen LogP contribution in [0.25, 0.3) is 0 Å². The van der Waals surface area contributed by atoms with E-state index >= 15 is 0 Å². The Balaban J connectivity index is 2.44. The van der Waals surface area contributed by atoms with E-state index in [0.29, 0.717) is 7.11 Å². The molecule has 1 fully saturated rings. The van der Waals surface area contributed by atoms with Crippen LogP contribution in [0.15, 0.2) is 30.3 Å². The molecule has 0 radical (unpaired) electrons. The zero-order valence-electron chi connectivity index (χ0n) is 17.2. The number of halogens is 3. The van der Waals surface area contributed by atoms with Gasteiger partial charge in [0.05, 0.1) is 13.5 Å². The van der Waals surface area contributed by atoms with E-state index in [1.54, 1.807) is 0 Å². The van der Waals surface area contributed by atoms with Crippen LogP contribution in [0.2, 0.25) is 0 Å². The maximum Gasteiger partial charge on any atom is 0.432 e. The second-order valence-corrected chi connectivity index (χ2v) is 7.42. The van der Waals surface area contributed by atoms with Crippen LogP contribution >= 0.6 is 0 Å². The molecule has 11 heteroatoms. The molecule has 0 aliphatic carbocycles. The van der Waals surface area contributed by atoms with Crippen LogP contribution in [0.1, 0.15) is 25.8 Å². The average Bonchev–Trinajstić information content (AvgIpc) is 2.87. The summed E-state index contributed by atoms with van der Waals surface area (Å²) in [6.45, 7) is 1.30. The minimum Gasteiger partial charge on any atom is -0.469 e. The molecule has 1 aromatic rings. The summed E-state index contributed by atoms with van der Waals surface area (Å²) in [7, 11) is 1.68. The fraction of sp³-hybridized carbons (Fsp3) is 0.500. The van der Waals surface area contributed by atoms with E-state index in [2.05, 4.69) is 9.47 Å². The smallest absolute Gasteiger partial charge is 0.432 e. The van der Waals surface area contributed by atoms with Gasteiger partial charge in [-0.1, -0.05) is 30.3 Å². The average molecular weight is 446 g/mol. The Kier molecular flexibility index (Phi) is 6.51. The lowest BCUT2D eigenvalue weighted by molar-refractivity contribution is -0.277. The lowest BCUT2D eigenvalue weighted by Gasteiger charge is -2.33. The predicted octanol–water partition coefficient (Wildman–Crippen LogP) is 2.09. The fourth-order valence-electron chi connectivity index (χ4n) is 3.25. The Bertz CT molecular complexity index is 880. The van der Waals surface area contributed by atoms with Gasteiger partial charge in [0.2, 0.25) is 5.60 Å². The van der Waals surface area contributed by atoms with Gasteiger partial charge in [0.25, 0.3) is 5.60 Å². The monoisotopic (exact) mass is 446 g/mol. The molecule has 0 saturated carbocycles. The van der Waals surface area contributed by atoms with Crippen molar-refractivity contribution in [2.45, 2.75) is 37.6 Å². The topological polar surface area (TPSA) is 105 Å². The van der Waals surface area contributed by atoms with Crippen molar-refractivity contribution in [3.8, 4) is 0 Å². The van der Waals surface area contributed by atoms with Crippen LogP contribution in [0.5, 0.6) is 0 Å². The molecule has 0 N–H and O–H groups in total. The third kappa shape index (κ3) is 4.01. The molecule has 1 aromatic carbocycles. The third-order valence-electron chi connectivity index (χ3n) is 5.05. The van der Waals surface area contributed by atoms with Crippen molar-refractivity contribution in [2.24, 2.45) is 5.41 Å². The highest BCUT2D eigenvalue weighted by Crippen LogP contribution is 2.44. The number of ketones is 1. The van der Waals surface area contributed by atoms with Crippen LogP contribution in [-0.2, 0) is 43.7 Å². The van der Waals surface area contributed by atoms with Crippen LogP contribution in [0.4, 0.5) is 13.2 Å². The minimum absolute atomic E-state index is 0.563. The summed E-state index contributed by atoms with van der Waals surface area (Å²) < 4.78 is 60.9. The molecule has 2 rings (SSSR count). The Morgan fingerprint density at radius 1 is 1.06 bits per heavy atom. The first-order valence-electron chi connectivity index (χ1n) is 8.98. The first-order chi connectivity index (χ1) is 14.3. The summed E-state index contributed by atoms with van der Waals surface area (Å²) in [6.07, 6.45) is -6.09. The molecular weight excluding hydrogens is 425 g/mol. The lowest BCUT2D eigenvalue weighted by atomic mass is 9.81. The number of rotatable bonds is 7. The van der Waals surface area contributed by atoms with Crippen LogP contribution in [-0.4, -0.2) is 56.3 Å². The molecule has 0 bridgehead atoms. The molecular formula is C20H21F3O8. The van der Waals surface area contributed by atoms with E-state index in [-0.39, 0.29) is 0 Å². The van der Waals surface area contributed by atoms with Crippen molar-refractivity contribution < 1.29 is 51.3 Å². The number of carbonyl (C=O) groups is 4. The summed E-state index contributed by atoms with van der Waals surface area (Å²) in [6, 6.07) is 6.02. The van der Waals surface area contributed by atoms with E-state index < -0.39 is 65.1 Å². The highest BCUT2D eigenvalue weighted by molar-refractivity contribution is 6.13. The molecule has 1 saturated heterocycles. The van der Waals surface area contributed by atoms with Gasteiger partial charge in [-0.05, 0) is 13.8 Å². The number of ether oxygens (including phenoxy) is 4. The van der Waals surface area contributed by atoms with Gasteiger partial charge in [-0.3, -0.25) is 14.4 Å². The molecule has 31 heavy (non-hydrogen) atoms. The van der Waals surface area contributed by atoms with Crippen LogP contribution < -0.4 is 0 Å². The van der Waals surface area contributed by atoms with Crippen molar-refractivity contribution in [3.05, 3.63) is 35.9 Å². The summed E-state index contributed by atoms with van der Waals surface area (Å²) >= 11 is 0. The molecule has 0 spiro atoms. The molecule has 0 amide bonds. The number of methoxy groups -OCH3 is 2. The van der Waals surface area contributed by atoms with Crippen molar-refractivity contribution >= 4 is 23.7 Å². The summed E-state index contributed by atoms with van der Waals surface area (Å²) in [5.41, 5.74) is -8.11. The van der Waals surface area contributed by atoms with E-state index in [9.17, 15) is 32.3 Å². The molecule has 1 aliphatic heterocycles. The number of hydrogen-bond acceptors (Lipinski definition) is 8. The number of alkyl halides is 3. The summed E-state index contributed by atoms with van der Waals surface area (Å²) in [4.78, 5) is 49.5. The van der Waals surface area contributed by atoms with Gasteiger partial charge >= 0.3 is 24.1 Å². The third-order valence-corrected chi connectivity index (χ3v) is 5.05. The maximum atomic E-state index is 14.0. The Hall–Kier alpha value is -2.95. The SMILES string of the molecule is COC(=O)C[C@@]1(COC(=O)[C@@](OC)(c2ccccc2)C(F)(F)F)OC(=O)C(C)(C)C1=O. The molecule has 2 atom stereocenters. The lowest BCUT2D eigenvalue weighted by Crippen LogP contribution is -2.54. The summed E-state index contributed by atoms with van der Waals surface area (Å²) in [5, 5.41) is 0. The highest BCUT2D eigenvalue weighted by atomic mass is 19.4. The first-order valence-corrected chi connectivity index (χ1v) is 8.98. The van der Waals surface area contributed by atoms with E-state index in [4.69, 9.17) is 9.47 Å². The Morgan fingerprint density at radius 3 is 2.06 bits per heavy atom. The molecule has 1 heterocycles. The standard InChI is InChI=1S/C20H21F3O8/c1-17(2)14(25)18(31-15(17)26,10-13(24)28-3)11-30-16(27)19(29-4,20(21,22)23)12-8-6-5-7-9-12/h5-9H,10-11H2,1-4H3/t18-,19-/m0/s1. The van der Waals surface area contributed by atoms with Gasteiger partial charge in [-0.15, -0.1) is 0 Å². The quantitative estimate of drug-likeness (QED) is 0.356. The van der Waals surface area contributed by atoms with Crippen LogP contribution in [0.3, 0.4) is 0 Å². The minimum atomic E-state index is -5.24.